The van der Waals surface area contributed by atoms with Crippen molar-refractivity contribution in [1.82, 2.24) is 0 Å². The van der Waals surface area contributed by atoms with Gasteiger partial charge < -0.3 is 9.47 Å². The van der Waals surface area contributed by atoms with Gasteiger partial charge in [-0.15, -0.1) is 0 Å². The van der Waals surface area contributed by atoms with Gasteiger partial charge in [0.2, 0.25) is 0 Å². The van der Waals surface area contributed by atoms with E-state index in [-0.39, 0.29) is 31.4 Å². The number of ether oxygens (including phenoxy) is 2. The van der Waals surface area contributed by atoms with Gasteiger partial charge in [0.25, 0.3) is 5.91 Å². The molecule has 1 amide bonds. The number of benzene rings is 1. The molecule has 1 aliphatic heterocycles. The minimum absolute atomic E-state index is 0.123. The lowest BCUT2D eigenvalue weighted by molar-refractivity contribution is -0.142. The third kappa shape index (κ3) is 2.79. The molecule has 1 heterocycles. The van der Waals surface area contributed by atoms with Gasteiger partial charge >= 0.3 is 5.97 Å². The Kier molecular flexibility index (Phi) is 4.02. The number of amides is 1. The average molecular weight is 277 g/mol. The Hall–Kier alpha value is -2.37. The molecule has 20 heavy (non-hydrogen) atoms. The summed E-state index contributed by atoms with van der Waals surface area (Å²) in [4.78, 5) is 36.1. The van der Waals surface area contributed by atoms with E-state index in [1.54, 1.807) is 25.1 Å². The van der Waals surface area contributed by atoms with Crippen LogP contribution in [-0.4, -0.2) is 37.4 Å². The first-order chi connectivity index (χ1) is 9.52. The van der Waals surface area contributed by atoms with Gasteiger partial charge in [0.15, 0.2) is 12.4 Å². The Labute approximate surface area is 116 Å². The van der Waals surface area contributed by atoms with Crippen molar-refractivity contribution in [3.63, 3.8) is 0 Å². The zero-order chi connectivity index (χ0) is 14.7. The van der Waals surface area contributed by atoms with Gasteiger partial charge in [-0.1, -0.05) is 0 Å². The van der Waals surface area contributed by atoms with Crippen LogP contribution < -0.4 is 9.64 Å². The van der Waals surface area contributed by atoms with E-state index < -0.39 is 5.97 Å². The van der Waals surface area contributed by atoms with Crippen LogP contribution in [0.4, 0.5) is 5.69 Å². The first-order valence-corrected chi connectivity index (χ1v) is 6.26. The third-order valence-corrected chi connectivity index (χ3v) is 2.90. The van der Waals surface area contributed by atoms with E-state index in [1.807, 2.05) is 0 Å². The SMILES string of the molecule is CCOC(=O)CN1C(=O)COc2ccc(C(C)=O)cc21. The second kappa shape index (κ2) is 5.73. The molecule has 0 bridgehead atoms. The molecule has 0 atom stereocenters. The van der Waals surface area contributed by atoms with E-state index in [4.69, 9.17) is 9.47 Å². The Morgan fingerprint density at radius 3 is 2.80 bits per heavy atom. The van der Waals surface area contributed by atoms with Crippen LogP contribution in [0.3, 0.4) is 0 Å². The Morgan fingerprint density at radius 2 is 2.15 bits per heavy atom. The highest BCUT2D eigenvalue weighted by atomic mass is 16.5. The summed E-state index contributed by atoms with van der Waals surface area (Å²) in [6.45, 7) is 3.05. The van der Waals surface area contributed by atoms with E-state index in [0.717, 1.165) is 0 Å². The standard InChI is InChI=1S/C14H15NO5/c1-3-19-14(18)7-15-11-6-10(9(2)16)4-5-12(11)20-8-13(15)17/h4-6H,3,7-8H2,1-2H3. The van der Waals surface area contributed by atoms with E-state index in [2.05, 4.69) is 0 Å². The molecule has 0 saturated heterocycles. The van der Waals surface area contributed by atoms with Gasteiger partial charge in [0.1, 0.15) is 12.3 Å². The summed E-state index contributed by atoms with van der Waals surface area (Å²) in [7, 11) is 0. The summed E-state index contributed by atoms with van der Waals surface area (Å²) < 4.78 is 10.1. The second-order valence-corrected chi connectivity index (χ2v) is 4.31. The van der Waals surface area contributed by atoms with Crippen molar-refractivity contribution in [3.8, 4) is 5.75 Å². The van der Waals surface area contributed by atoms with E-state index in [1.165, 1.54) is 11.8 Å². The molecule has 1 aliphatic rings. The van der Waals surface area contributed by atoms with Crippen LogP contribution in [0.2, 0.25) is 0 Å². The topological polar surface area (TPSA) is 72.9 Å². The van der Waals surface area contributed by atoms with Crippen LogP contribution in [0, 0.1) is 0 Å². The molecule has 0 aliphatic carbocycles. The maximum atomic E-state index is 11.9. The van der Waals surface area contributed by atoms with Gasteiger partial charge in [0, 0.05) is 5.56 Å². The highest BCUT2D eigenvalue weighted by Gasteiger charge is 2.28. The highest BCUT2D eigenvalue weighted by Crippen LogP contribution is 2.33. The molecule has 6 heteroatoms. The predicted molar refractivity (Wildman–Crippen MR) is 70.9 cm³/mol. The number of Topliss-reactive ketones (excluding diaryl/α,β-unsaturated/α-hetero) is 1. The van der Waals surface area contributed by atoms with Crippen molar-refractivity contribution in [2.75, 3.05) is 24.7 Å². The minimum Gasteiger partial charge on any atom is -0.482 e. The van der Waals surface area contributed by atoms with Crippen LogP contribution in [0.1, 0.15) is 24.2 Å². The molecule has 0 unspecified atom stereocenters. The zero-order valence-electron chi connectivity index (χ0n) is 11.3. The molecule has 1 aromatic rings. The van der Waals surface area contributed by atoms with Crippen molar-refractivity contribution in [3.05, 3.63) is 23.8 Å². The lowest BCUT2D eigenvalue weighted by Gasteiger charge is -2.28. The largest absolute Gasteiger partial charge is 0.482 e. The first-order valence-electron chi connectivity index (χ1n) is 6.26. The predicted octanol–water partition coefficient (Wildman–Crippen LogP) is 1.18. The summed E-state index contributed by atoms with van der Waals surface area (Å²) >= 11 is 0. The van der Waals surface area contributed by atoms with Gasteiger partial charge in [0.05, 0.1) is 12.3 Å². The summed E-state index contributed by atoms with van der Waals surface area (Å²) in [5.41, 5.74) is 0.873. The van der Waals surface area contributed by atoms with Crippen molar-refractivity contribution in [1.29, 1.82) is 0 Å². The van der Waals surface area contributed by atoms with Crippen LogP contribution in [0.25, 0.3) is 0 Å². The summed E-state index contributed by atoms with van der Waals surface area (Å²) in [6, 6.07) is 4.80. The van der Waals surface area contributed by atoms with Crippen molar-refractivity contribution >= 4 is 23.3 Å². The van der Waals surface area contributed by atoms with Gasteiger partial charge in [-0.3, -0.25) is 19.3 Å². The fraction of sp³-hybridized carbons (Fsp3) is 0.357. The first kappa shape index (κ1) is 14.0. The van der Waals surface area contributed by atoms with Crippen molar-refractivity contribution < 1.29 is 23.9 Å². The summed E-state index contributed by atoms with van der Waals surface area (Å²) in [5, 5.41) is 0. The average Bonchev–Trinajstić information content (AvgIpc) is 2.41. The van der Waals surface area contributed by atoms with E-state index in [9.17, 15) is 14.4 Å². The number of nitrogens with zero attached hydrogens (tertiary/aromatic N) is 1. The number of hydrogen-bond acceptors (Lipinski definition) is 5. The Morgan fingerprint density at radius 1 is 1.40 bits per heavy atom. The molecule has 0 radical (unpaired) electrons. The second-order valence-electron chi connectivity index (χ2n) is 4.31. The van der Waals surface area contributed by atoms with Gasteiger partial charge in [-0.25, -0.2) is 0 Å². The lowest BCUT2D eigenvalue weighted by atomic mass is 10.1. The number of carbonyl (C=O) groups is 3. The monoisotopic (exact) mass is 277 g/mol. The lowest BCUT2D eigenvalue weighted by Crippen LogP contribution is -2.42. The van der Waals surface area contributed by atoms with Crippen LogP contribution >= 0.6 is 0 Å². The van der Waals surface area contributed by atoms with Crippen molar-refractivity contribution in [2.24, 2.45) is 0 Å². The quantitative estimate of drug-likeness (QED) is 0.610. The molecule has 0 aromatic heterocycles. The summed E-state index contributed by atoms with van der Waals surface area (Å²) in [6.07, 6.45) is 0. The minimum atomic E-state index is -0.498. The Bertz CT molecular complexity index is 567. The maximum Gasteiger partial charge on any atom is 0.326 e. The molecule has 1 aromatic carbocycles. The number of ketones is 1. The number of esters is 1. The van der Waals surface area contributed by atoms with Crippen LogP contribution in [0.5, 0.6) is 5.75 Å². The van der Waals surface area contributed by atoms with Gasteiger partial charge in [-0.05, 0) is 32.0 Å². The zero-order valence-corrected chi connectivity index (χ0v) is 11.3. The van der Waals surface area contributed by atoms with Crippen LogP contribution in [0.15, 0.2) is 18.2 Å². The third-order valence-electron chi connectivity index (χ3n) is 2.90. The van der Waals surface area contributed by atoms with Crippen LogP contribution in [-0.2, 0) is 14.3 Å². The smallest absolute Gasteiger partial charge is 0.326 e. The molecule has 2 rings (SSSR count). The maximum absolute atomic E-state index is 11.9. The molecule has 0 spiro atoms. The molecule has 6 nitrogen and oxygen atoms in total. The number of carbonyl (C=O) groups excluding carboxylic acids is 3. The fourth-order valence-corrected chi connectivity index (χ4v) is 1.93. The number of fused-ring (bicyclic) bond motifs is 1. The number of rotatable bonds is 4. The number of anilines is 1. The molecule has 106 valence electrons. The molecule has 0 N–H and O–H groups in total. The van der Waals surface area contributed by atoms with E-state index >= 15 is 0 Å². The molecule has 0 saturated carbocycles. The van der Waals surface area contributed by atoms with Gasteiger partial charge in [-0.2, -0.15) is 0 Å². The molecular formula is C14H15NO5. The Balaban J connectivity index is 2.34. The summed E-state index contributed by atoms with van der Waals surface area (Å²) in [5.74, 6) is -0.492. The molecule has 0 fully saturated rings. The normalized spacial score (nSPS) is 13.5. The highest BCUT2D eigenvalue weighted by molar-refractivity contribution is 6.03. The van der Waals surface area contributed by atoms with Crippen molar-refractivity contribution in [2.45, 2.75) is 13.8 Å². The molecular weight excluding hydrogens is 262 g/mol. The van der Waals surface area contributed by atoms with E-state index in [0.29, 0.717) is 17.0 Å². The number of hydrogen-bond donors (Lipinski definition) is 0. The fourth-order valence-electron chi connectivity index (χ4n) is 1.93.